The van der Waals surface area contributed by atoms with E-state index in [-0.39, 0.29) is 18.5 Å². The van der Waals surface area contributed by atoms with Crippen LogP contribution >= 0.6 is 0 Å². The summed E-state index contributed by atoms with van der Waals surface area (Å²) in [5.74, 6) is 0.0654. The summed E-state index contributed by atoms with van der Waals surface area (Å²) in [5, 5.41) is 11.7. The third kappa shape index (κ3) is 3.27. The molecule has 1 saturated carbocycles. The van der Waals surface area contributed by atoms with Gasteiger partial charge in [0.15, 0.2) is 0 Å². The van der Waals surface area contributed by atoms with Gasteiger partial charge in [-0.1, -0.05) is 24.6 Å². The molecular weight excluding hydrogens is 253 g/mol. The smallest absolute Gasteiger partial charge is 0.301 e. The lowest BCUT2D eigenvalue weighted by atomic mass is 9.92. The minimum Gasteiger partial charge on any atom is -0.301 e. The molecule has 19 heavy (non-hydrogen) atoms. The monoisotopic (exact) mass is 268 g/mol. The molecule has 0 spiro atoms. The molecule has 2 atom stereocenters. The van der Waals surface area contributed by atoms with Crippen LogP contribution in [0.25, 0.3) is 0 Å². The predicted octanol–water partition coefficient (Wildman–Crippen LogP) is 3.45. The molecule has 0 bridgehead atoms. The summed E-state index contributed by atoms with van der Waals surface area (Å²) < 4.78 is 38.1. The predicted molar refractivity (Wildman–Crippen MR) is 65.4 cm³/mol. The molecule has 0 amide bonds. The molecule has 1 N–H and O–H groups in total. The van der Waals surface area contributed by atoms with Crippen molar-refractivity contribution < 1.29 is 13.2 Å². The molecule has 1 aliphatic carbocycles. The van der Waals surface area contributed by atoms with E-state index in [0.717, 1.165) is 25.3 Å². The maximum absolute atomic E-state index is 12.7. The van der Waals surface area contributed by atoms with Crippen molar-refractivity contribution >= 4 is 0 Å². The Morgan fingerprint density at radius 1 is 1.32 bits per heavy atom. The van der Waals surface area contributed by atoms with E-state index in [1.165, 1.54) is 12.1 Å². The molecule has 1 aromatic rings. The van der Waals surface area contributed by atoms with Gasteiger partial charge in [-0.15, -0.1) is 0 Å². The average molecular weight is 268 g/mol. The fourth-order valence-corrected chi connectivity index (χ4v) is 2.73. The SMILES string of the molecule is N#CCN[C@H]1CCC[C@H]1c1cccc(C(F)(F)F)c1. The molecule has 102 valence electrons. The van der Waals surface area contributed by atoms with Crippen molar-refractivity contribution in [1.29, 1.82) is 5.26 Å². The number of halogens is 3. The minimum atomic E-state index is -4.30. The number of rotatable bonds is 3. The molecular formula is C14H15F3N2. The Labute approximate surface area is 110 Å². The summed E-state index contributed by atoms with van der Waals surface area (Å²) in [5.41, 5.74) is 0.110. The fourth-order valence-electron chi connectivity index (χ4n) is 2.73. The molecule has 1 aliphatic rings. The number of hydrogen-bond acceptors (Lipinski definition) is 2. The van der Waals surface area contributed by atoms with E-state index >= 15 is 0 Å². The highest BCUT2D eigenvalue weighted by molar-refractivity contribution is 5.30. The molecule has 1 fully saturated rings. The minimum absolute atomic E-state index is 0.0654. The Morgan fingerprint density at radius 2 is 2.11 bits per heavy atom. The first-order chi connectivity index (χ1) is 9.02. The van der Waals surface area contributed by atoms with Crippen LogP contribution in [0.2, 0.25) is 0 Å². The number of nitrogens with one attached hydrogen (secondary N) is 1. The van der Waals surface area contributed by atoms with Crippen LogP contribution in [0.4, 0.5) is 13.2 Å². The zero-order valence-corrected chi connectivity index (χ0v) is 10.4. The van der Waals surface area contributed by atoms with Gasteiger partial charge in [0, 0.05) is 6.04 Å². The van der Waals surface area contributed by atoms with Crippen molar-refractivity contribution in [2.24, 2.45) is 0 Å². The lowest BCUT2D eigenvalue weighted by Crippen LogP contribution is -2.31. The number of benzene rings is 1. The van der Waals surface area contributed by atoms with E-state index in [1.807, 2.05) is 6.07 Å². The van der Waals surface area contributed by atoms with Gasteiger partial charge < -0.3 is 5.32 Å². The number of alkyl halides is 3. The highest BCUT2D eigenvalue weighted by atomic mass is 19.4. The molecule has 0 radical (unpaired) electrons. The normalized spacial score (nSPS) is 23.3. The number of nitriles is 1. The first kappa shape index (κ1) is 13.9. The summed E-state index contributed by atoms with van der Waals surface area (Å²) in [4.78, 5) is 0. The second-order valence-corrected chi connectivity index (χ2v) is 4.81. The maximum atomic E-state index is 12.7. The van der Waals surface area contributed by atoms with Gasteiger partial charge in [-0.05, 0) is 30.4 Å². The molecule has 0 heterocycles. The van der Waals surface area contributed by atoms with Crippen LogP contribution in [0, 0.1) is 11.3 Å². The van der Waals surface area contributed by atoms with E-state index in [1.54, 1.807) is 6.07 Å². The number of nitrogens with zero attached hydrogens (tertiary/aromatic N) is 1. The summed E-state index contributed by atoms with van der Waals surface area (Å²) in [7, 11) is 0. The summed E-state index contributed by atoms with van der Waals surface area (Å²) in [6.07, 6.45) is -1.55. The van der Waals surface area contributed by atoms with E-state index in [4.69, 9.17) is 5.26 Å². The second kappa shape index (κ2) is 5.62. The van der Waals surface area contributed by atoms with Crippen LogP contribution in [0.1, 0.15) is 36.3 Å². The van der Waals surface area contributed by atoms with Crippen LogP contribution in [-0.2, 0) is 6.18 Å². The largest absolute Gasteiger partial charge is 0.416 e. The lowest BCUT2D eigenvalue weighted by molar-refractivity contribution is -0.137. The van der Waals surface area contributed by atoms with Gasteiger partial charge in [0.05, 0.1) is 18.2 Å². The first-order valence-corrected chi connectivity index (χ1v) is 6.30. The lowest BCUT2D eigenvalue weighted by Gasteiger charge is -2.21. The topological polar surface area (TPSA) is 35.8 Å². The van der Waals surface area contributed by atoms with Gasteiger partial charge >= 0.3 is 6.18 Å². The maximum Gasteiger partial charge on any atom is 0.416 e. The summed E-state index contributed by atoms with van der Waals surface area (Å²) in [6, 6.07) is 7.64. The van der Waals surface area contributed by atoms with E-state index < -0.39 is 11.7 Å². The highest BCUT2D eigenvalue weighted by Crippen LogP contribution is 2.37. The Morgan fingerprint density at radius 3 is 2.79 bits per heavy atom. The average Bonchev–Trinajstić information content (AvgIpc) is 2.83. The molecule has 0 saturated heterocycles. The Kier molecular flexibility index (Phi) is 4.11. The van der Waals surface area contributed by atoms with Gasteiger partial charge in [0.2, 0.25) is 0 Å². The van der Waals surface area contributed by atoms with E-state index in [2.05, 4.69) is 5.32 Å². The van der Waals surface area contributed by atoms with Gasteiger partial charge in [0.1, 0.15) is 0 Å². The van der Waals surface area contributed by atoms with Crippen molar-refractivity contribution in [1.82, 2.24) is 5.32 Å². The van der Waals surface area contributed by atoms with Crippen LogP contribution in [0.5, 0.6) is 0 Å². The van der Waals surface area contributed by atoms with Gasteiger partial charge in [-0.2, -0.15) is 18.4 Å². The zero-order valence-electron chi connectivity index (χ0n) is 10.4. The Hall–Kier alpha value is -1.54. The highest BCUT2D eigenvalue weighted by Gasteiger charge is 2.33. The first-order valence-electron chi connectivity index (χ1n) is 6.30. The van der Waals surface area contributed by atoms with Crippen LogP contribution in [0.3, 0.4) is 0 Å². The third-order valence-corrected chi connectivity index (χ3v) is 3.60. The van der Waals surface area contributed by atoms with Gasteiger partial charge in [-0.3, -0.25) is 0 Å². The van der Waals surface area contributed by atoms with Crippen LogP contribution in [0.15, 0.2) is 24.3 Å². The third-order valence-electron chi connectivity index (χ3n) is 3.60. The van der Waals surface area contributed by atoms with Crippen LogP contribution < -0.4 is 5.32 Å². The second-order valence-electron chi connectivity index (χ2n) is 4.81. The number of hydrogen-bond donors (Lipinski definition) is 1. The quantitative estimate of drug-likeness (QED) is 0.852. The van der Waals surface area contributed by atoms with E-state index in [0.29, 0.717) is 5.56 Å². The summed E-state index contributed by atoms with van der Waals surface area (Å²) >= 11 is 0. The van der Waals surface area contributed by atoms with Gasteiger partial charge in [0.25, 0.3) is 0 Å². The Bertz CT molecular complexity index is 476. The zero-order chi connectivity index (χ0) is 13.9. The van der Waals surface area contributed by atoms with Crippen molar-refractivity contribution in [3.05, 3.63) is 35.4 Å². The van der Waals surface area contributed by atoms with Gasteiger partial charge in [-0.25, -0.2) is 0 Å². The Balaban J connectivity index is 2.19. The molecule has 0 aliphatic heterocycles. The van der Waals surface area contributed by atoms with Crippen molar-refractivity contribution in [2.75, 3.05) is 6.54 Å². The van der Waals surface area contributed by atoms with Crippen molar-refractivity contribution in [3.63, 3.8) is 0 Å². The molecule has 5 heteroatoms. The molecule has 0 unspecified atom stereocenters. The molecule has 2 nitrogen and oxygen atoms in total. The van der Waals surface area contributed by atoms with E-state index in [9.17, 15) is 13.2 Å². The van der Waals surface area contributed by atoms with Crippen LogP contribution in [-0.4, -0.2) is 12.6 Å². The fraction of sp³-hybridized carbons (Fsp3) is 0.500. The summed E-state index contributed by atoms with van der Waals surface area (Å²) in [6.45, 7) is 0.236. The molecule has 1 aromatic carbocycles. The van der Waals surface area contributed by atoms with Crippen molar-refractivity contribution in [2.45, 2.75) is 37.4 Å². The molecule has 0 aromatic heterocycles. The van der Waals surface area contributed by atoms with Crippen molar-refractivity contribution in [3.8, 4) is 6.07 Å². The standard InChI is InChI=1S/C14H15F3N2/c15-14(16,17)11-4-1-3-10(9-11)12-5-2-6-13(12)19-8-7-18/h1,3-4,9,12-13,19H,2,5-6,8H2/t12-,13-/m0/s1. The molecule has 2 rings (SSSR count).